The molecule has 0 saturated heterocycles. The van der Waals surface area contributed by atoms with Crippen LogP contribution in [-0.2, 0) is 0 Å². The smallest absolute Gasteiger partial charge is 0.0871 e. The summed E-state index contributed by atoms with van der Waals surface area (Å²) >= 11 is 12.0. The number of anilines is 1. The molecule has 0 bridgehead atoms. The quantitative estimate of drug-likeness (QED) is 0.736. The number of nitrogens with two attached hydrogens (primary N) is 1. The van der Waals surface area contributed by atoms with Crippen LogP contribution in [0.15, 0.2) is 42.5 Å². The summed E-state index contributed by atoms with van der Waals surface area (Å²) in [5.41, 5.74) is 8.12. The highest BCUT2D eigenvalue weighted by molar-refractivity contribution is 6.42. The van der Waals surface area contributed by atoms with E-state index >= 15 is 0 Å². The highest BCUT2D eigenvalue weighted by Crippen LogP contribution is 2.34. The number of aliphatic hydroxyl groups is 1. The van der Waals surface area contributed by atoms with Gasteiger partial charge in [0.2, 0.25) is 0 Å². The van der Waals surface area contributed by atoms with Crippen LogP contribution in [0.2, 0.25) is 10.0 Å². The highest BCUT2D eigenvalue weighted by atomic mass is 35.5. The van der Waals surface area contributed by atoms with Crippen molar-refractivity contribution in [1.29, 1.82) is 0 Å². The van der Waals surface area contributed by atoms with Gasteiger partial charge in [0.1, 0.15) is 0 Å². The number of likely N-dealkylation sites (N-methyl/N-ethyl adjacent to an activating group) is 1. The van der Waals surface area contributed by atoms with Crippen LogP contribution in [0, 0.1) is 0 Å². The standard InChI is InChI=1S/C16H18Cl2N2O/c1-20-9-13(10-5-6-14(17)15(18)8-10)16(21)11-3-2-4-12(19)7-11/h2-8,13,16,20-21H,9,19H2,1H3. The van der Waals surface area contributed by atoms with E-state index in [1.54, 1.807) is 24.3 Å². The summed E-state index contributed by atoms with van der Waals surface area (Å²) in [4.78, 5) is 0. The van der Waals surface area contributed by atoms with Crippen LogP contribution in [0.5, 0.6) is 0 Å². The molecule has 2 aromatic rings. The number of hydrogen-bond donors (Lipinski definition) is 3. The van der Waals surface area contributed by atoms with Crippen molar-refractivity contribution in [2.24, 2.45) is 0 Å². The van der Waals surface area contributed by atoms with E-state index in [0.29, 0.717) is 22.3 Å². The van der Waals surface area contributed by atoms with Gasteiger partial charge in [-0.2, -0.15) is 0 Å². The Morgan fingerprint density at radius 2 is 1.86 bits per heavy atom. The van der Waals surface area contributed by atoms with Crippen molar-refractivity contribution in [3.63, 3.8) is 0 Å². The van der Waals surface area contributed by atoms with Gasteiger partial charge in [-0.1, -0.05) is 41.4 Å². The number of benzene rings is 2. The van der Waals surface area contributed by atoms with Gasteiger partial charge in [0.15, 0.2) is 0 Å². The molecule has 0 aliphatic carbocycles. The van der Waals surface area contributed by atoms with Gasteiger partial charge in [0.25, 0.3) is 0 Å². The van der Waals surface area contributed by atoms with Crippen LogP contribution >= 0.6 is 23.2 Å². The van der Waals surface area contributed by atoms with Crippen molar-refractivity contribution in [1.82, 2.24) is 5.32 Å². The molecule has 0 aliphatic heterocycles. The van der Waals surface area contributed by atoms with E-state index in [4.69, 9.17) is 28.9 Å². The molecule has 2 atom stereocenters. The molecule has 0 aliphatic rings. The van der Waals surface area contributed by atoms with E-state index in [2.05, 4.69) is 5.32 Å². The monoisotopic (exact) mass is 324 g/mol. The predicted molar refractivity (Wildman–Crippen MR) is 88.9 cm³/mol. The van der Waals surface area contributed by atoms with Crippen molar-refractivity contribution in [3.05, 3.63) is 63.6 Å². The summed E-state index contributed by atoms with van der Waals surface area (Å²) in [6.07, 6.45) is -0.682. The molecule has 0 radical (unpaired) electrons. The predicted octanol–water partition coefficient (Wildman–Crippen LogP) is 3.61. The summed E-state index contributed by atoms with van der Waals surface area (Å²) < 4.78 is 0. The molecule has 2 rings (SSSR count). The minimum Gasteiger partial charge on any atom is -0.399 e. The zero-order valence-electron chi connectivity index (χ0n) is 11.7. The van der Waals surface area contributed by atoms with Gasteiger partial charge in [0, 0.05) is 18.2 Å². The molecule has 0 heterocycles. The first-order chi connectivity index (χ1) is 10.0. The molecule has 3 nitrogen and oxygen atoms in total. The van der Waals surface area contributed by atoms with Crippen LogP contribution < -0.4 is 11.1 Å². The fourth-order valence-corrected chi connectivity index (χ4v) is 2.66. The third-order valence-electron chi connectivity index (χ3n) is 3.43. The minimum absolute atomic E-state index is 0.147. The molecule has 4 N–H and O–H groups in total. The average molecular weight is 325 g/mol. The van der Waals surface area contributed by atoms with Gasteiger partial charge in [-0.05, 0) is 42.4 Å². The van der Waals surface area contributed by atoms with E-state index in [0.717, 1.165) is 11.1 Å². The lowest BCUT2D eigenvalue weighted by atomic mass is 9.89. The Labute approximate surface area is 134 Å². The summed E-state index contributed by atoms with van der Waals surface area (Å²) in [5.74, 6) is -0.147. The number of nitrogen functional groups attached to an aromatic ring is 1. The largest absolute Gasteiger partial charge is 0.399 e. The van der Waals surface area contributed by atoms with Crippen LogP contribution in [0.1, 0.15) is 23.1 Å². The minimum atomic E-state index is -0.682. The van der Waals surface area contributed by atoms with Crippen LogP contribution in [-0.4, -0.2) is 18.7 Å². The second-order valence-electron chi connectivity index (χ2n) is 4.95. The number of aliphatic hydroxyl groups excluding tert-OH is 1. The third kappa shape index (κ3) is 3.89. The number of nitrogens with one attached hydrogen (secondary N) is 1. The molecular formula is C16H18Cl2N2O. The molecule has 0 amide bonds. The van der Waals surface area contributed by atoms with Gasteiger partial charge in [-0.15, -0.1) is 0 Å². The lowest BCUT2D eigenvalue weighted by Gasteiger charge is -2.24. The molecule has 0 aromatic heterocycles. The van der Waals surface area contributed by atoms with Crippen LogP contribution in [0.25, 0.3) is 0 Å². The highest BCUT2D eigenvalue weighted by Gasteiger charge is 2.23. The normalized spacial score (nSPS) is 13.9. The third-order valence-corrected chi connectivity index (χ3v) is 4.17. The summed E-state index contributed by atoms with van der Waals surface area (Å²) in [6.45, 7) is 0.605. The second-order valence-corrected chi connectivity index (χ2v) is 5.77. The SMILES string of the molecule is CNCC(c1ccc(Cl)c(Cl)c1)C(O)c1cccc(N)c1. The lowest BCUT2D eigenvalue weighted by Crippen LogP contribution is -2.23. The Bertz CT molecular complexity index is 619. The zero-order chi connectivity index (χ0) is 15.4. The molecule has 21 heavy (non-hydrogen) atoms. The lowest BCUT2D eigenvalue weighted by molar-refractivity contribution is 0.144. The number of halogens is 2. The summed E-state index contributed by atoms with van der Waals surface area (Å²) in [5, 5.41) is 14.8. The molecule has 2 aromatic carbocycles. The molecule has 5 heteroatoms. The van der Waals surface area contributed by atoms with Gasteiger partial charge >= 0.3 is 0 Å². The summed E-state index contributed by atoms with van der Waals surface area (Å²) in [7, 11) is 1.84. The molecule has 2 unspecified atom stereocenters. The molecule has 0 spiro atoms. The fraction of sp³-hybridized carbons (Fsp3) is 0.250. The molecular weight excluding hydrogens is 307 g/mol. The van der Waals surface area contributed by atoms with Crippen molar-refractivity contribution in [2.75, 3.05) is 19.3 Å². The van der Waals surface area contributed by atoms with Crippen molar-refractivity contribution in [3.8, 4) is 0 Å². The maximum absolute atomic E-state index is 10.7. The molecule has 0 fully saturated rings. The van der Waals surface area contributed by atoms with Gasteiger partial charge in [-0.3, -0.25) is 0 Å². The van der Waals surface area contributed by atoms with Gasteiger partial charge in [-0.25, -0.2) is 0 Å². The fourth-order valence-electron chi connectivity index (χ4n) is 2.35. The Morgan fingerprint density at radius 3 is 2.48 bits per heavy atom. The Balaban J connectivity index is 2.35. The van der Waals surface area contributed by atoms with Gasteiger partial charge in [0.05, 0.1) is 16.1 Å². The first-order valence-electron chi connectivity index (χ1n) is 6.66. The van der Waals surface area contributed by atoms with E-state index in [-0.39, 0.29) is 5.92 Å². The van der Waals surface area contributed by atoms with Crippen LogP contribution in [0.4, 0.5) is 5.69 Å². The van der Waals surface area contributed by atoms with Gasteiger partial charge < -0.3 is 16.2 Å². The maximum Gasteiger partial charge on any atom is 0.0871 e. The maximum atomic E-state index is 10.7. The molecule has 112 valence electrons. The van der Waals surface area contributed by atoms with Crippen molar-refractivity contribution in [2.45, 2.75) is 12.0 Å². The van der Waals surface area contributed by atoms with E-state index in [1.165, 1.54) is 0 Å². The number of hydrogen-bond acceptors (Lipinski definition) is 3. The van der Waals surface area contributed by atoms with E-state index < -0.39 is 6.10 Å². The first-order valence-corrected chi connectivity index (χ1v) is 7.41. The van der Waals surface area contributed by atoms with Crippen LogP contribution in [0.3, 0.4) is 0 Å². The van der Waals surface area contributed by atoms with E-state index in [1.807, 2.05) is 25.2 Å². The Hall–Kier alpha value is -1.26. The van der Waals surface area contributed by atoms with Crippen molar-refractivity contribution >= 4 is 28.9 Å². The van der Waals surface area contributed by atoms with E-state index in [9.17, 15) is 5.11 Å². The average Bonchev–Trinajstić information content (AvgIpc) is 2.47. The Morgan fingerprint density at radius 1 is 1.10 bits per heavy atom. The number of rotatable bonds is 5. The topological polar surface area (TPSA) is 58.3 Å². The zero-order valence-corrected chi connectivity index (χ0v) is 13.2. The Kier molecular flexibility index (Phi) is 5.48. The summed E-state index contributed by atoms with van der Waals surface area (Å²) in [6, 6.07) is 12.7. The first kappa shape index (κ1) is 16.1. The van der Waals surface area contributed by atoms with Crippen molar-refractivity contribution < 1.29 is 5.11 Å². The molecule has 0 saturated carbocycles. The second kappa shape index (κ2) is 7.14.